The molecule has 0 aliphatic heterocycles. The van der Waals surface area contributed by atoms with Gasteiger partial charge in [0.25, 0.3) is 5.56 Å². The van der Waals surface area contributed by atoms with Gasteiger partial charge in [-0.25, -0.2) is 9.67 Å². The molecule has 0 radical (unpaired) electrons. The van der Waals surface area contributed by atoms with Gasteiger partial charge in [-0.15, -0.1) is 27.8 Å². The molecular weight excluding hydrogens is 424 g/mol. The summed E-state index contributed by atoms with van der Waals surface area (Å²) in [5.41, 5.74) is 1.19. The van der Waals surface area contributed by atoms with E-state index in [4.69, 9.17) is 4.98 Å². The van der Waals surface area contributed by atoms with Gasteiger partial charge in [0.15, 0.2) is 0 Å². The number of thioether (sulfide) groups is 1. The van der Waals surface area contributed by atoms with Crippen molar-refractivity contribution in [3.63, 3.8) is 0 Å². The average molecular weight is 445 g/mol. The standard InChI is InChI=1S/C19H20N6OS3/c1-10-5-6-13-14(8-10)29-18-15(13)17(26)20-16(21-18)11(2)28-19-22-23-24-25(19)9-12-4-3-7-27-12/h3-4,7,10-11H,5-6,8-9H2,1-2H3,(H,20,21,26)/t10-,11-/m1/s1. The van der Waals surface area contributed by atoms with Crippen LogP contribution in [0.5, 0.6) is 0 Å². The number of hydrogen-bond donors (Lipinski definition) is 1. The molecule has 1 aliphatic rings. The minimum absolute atomic E-state index is 0.0253. The second kappa shape index (κ2) is 7.66. The lowest BCUT2D eigenvalue weighted by atomic mass is 9.89. The van der Waals surface area contributed by atoms with Gasteiger partial charge in [-0.05, 0) is 59.5 Å². The highest BCUT2D eigenvalue weighted by atomic mass is 32.2. The van der Waals surface area contributed by atoms with Crippen molar-refractivity contribution in [3.8, 4) is 0 Å². The predicted octanol–water partition coefficient (Wildman–Crippen LogP) is 4.06. The van der Waals surface area contributed by atoms with Crippen molar-refractivity contribution < 1.29 is 0 Å². The number of nitrogens with one attached hydrogen (secondary N) is 1. The lowest BCUT2D eigenvalue weighted by Crippen LogP contribution is -2.15. The summed E-state index contributed by atoms with van der Waals surface area (Å²) >= 11 is 4.86. The van der Waals surface area contributed by atoms with Crippen LogP contribution in [0.4, 0.5) is 0 Å². The largest absolute Gasteiger partial charge is 0.309 e. The molecule has 2 atom stereocenters. The molecule has 1 N–H and O–H groups in total. The van der Waals surface area contributed by atoms with Crippen LogP contribution in [0.2, 0.25) is 0 Å². The fourth-order valence-corrected chi connectivity index (χ4v) is 6.62. The lowest BCUT2D eigenvalue weighted by Gasteiger charge is -2.17. The molecular formula is C19H20N6OS3. The molecule has 5 rings (SSSR count). The second-order valence-corrected chi connectivity index (χ2v) is 10.9. The Morgan fingerprint density at radius 1 is 1.45 bits per heavy atom. The van der Waals surface area contributed by atoms with E-state index in [1.165, 1.54) is 27.1 Å². The normalized spacial score (nSPS) is 17.5. The van der Waals surface area contributed by atoms with E-state index in [2.05, 4.69) is 33.5 Å². The van der Waals surface area contributed by atoms with E-state index < -0.39 is 0 Å². The zero-order chi connectivity index (χ0) is 20.0. The SMILES string of the molecule is C[C@@H]1CCc2c(sc3nc([C@@H](C)Sc4nnnn4Cc4cccs4)[nH]c(=O)c23)C1. The topological polar surface area (TPSA) is 89.3 Å². The predicted molar refractivity (Wildman–Crippen MR) is 117 cm³/mol. The molecule has 0 saturated carbocycles. The first-order valence-corrected chi connectivity index (χ1v) is 12.2. The highest BCUT2D eigenvalue weighted by molar-refractivity contribution is 7.99. The fraction of sp³-hybridized carbons (Fsp3) is 0.421. The molecule has 10 heteroatoms. The smallest absolute Gasteiger partial charge is 0.259 e. The fourth-order valence-electron chi connectivity index (χ4n) is 3.70. The molecule has 7 nitrogen and oxygen atoms in total. The molecule has 0 aromatic carbocycles. The molecule has 0 saturated heterocycles. The Balaban J connectivity index is 1.43. The summed E-state index contributed by atoms with van der Waals surface area (Å²) in [5, 5.41) is 15.6. The van der Waals surface area contributed by atoms with Gasteiger partial charge in [-0.2, -0.15) is 0 Å². The summed E-state index contributed by atoms with van der Waals surface area (Å²) in [6.07, 6.45) is 3.16. The first-order chi connectivity index (χ1) is 14.1. The van der Waals surface area contributed by atoms with Crippen molar-refractivity contribution in [2.45, 2.75) is 50.1 Å². The number of aryl methyl sites for hydroxylation is 1. The van der Waals surface area contributed by atoms with Crippen LogP contribution in [0.3, 0.4) is 0 Å². The summed E-state index contributed by atoms with van der Waals surface area (Å²) in [6, 6.07) is 4.08. The Morgan fingerprint density at radius 2 is 2.34 bits per heavy atom. The average Bonchev–Trinajstić information content (AvgIpc) is 3.42. The quantitative estimate of drug-likeness (QED) is 0.467. The van der Waals surface area contributed by atoms with Gasteiger partial charge in [0, 0.05) is 9.75 Å². The highest BCUT2D eigenvalue weighted by Gasteiger charge is 2.24. The number of fused-ring (bicyclic) bond motifs is 3. The molecule has 4 heterocycles. The van der Waals surface area contributed by atoms with E-state index in [0.717, 1.165) is 29.5 Å². The molecule has 150 valence electrons. The van der Waals surface area contributed by atoms with Crippen LogP contribution in [-0.4, -0.2) is 30.2 Å². The number of hydrogen-bond acceptors (Lipinski definition) is 8. The van der Waals surface area contributed by atoms with Gasteiger partial charge < -0.3 is 4.98 Å². The van der Waals surface area contributed by atoms with E-state index in [9.17, 15) is 4.79 Å². The first kappa shape index (κ1) is 19.0. The van der Waals surface area contributed by atoms with Gasteiger partial charge in [-0.1, -0.05) is 24.8 Å². The molecule has 0 unspecified atom stereocenters. The first-order valence-electron chi connectivity index (χ1n) is 9.58. The molecule has 0 spiro atoms. The van der Waals surface area contributed by atoms with Crippen LogP contribution < -0.4 is 5.56 Å². The van der Waals surface area contributed by atoms with Crippen molar-refractivity contribution in [1.29, 1.82) is 0 Å². The maximum absolute atomic E-state index is 12.9. The summed E-state index contributed by atoms with van der Waals surface area (Å²) in [5.74, 6) is 1.34. The third-order valence-electron chi connectivity index (χ3n) is 5.24. The van der Waals surface area contributed by atoms with Crippen LogP contribution in [0.1, 0.15) is 46.7 Å². The van der Waals surface area contributed by atoms with E-state index in [1.807, 2.05) is 18.4 Å². The Bertz CT molecular complexity index is 1210. The van der Waals surface area contributed by atoms with Gasteiger partial charge >= 0.3 is 0 Å². The van der Waals surface area contributed by atoms with Gasteiger partial charge in [0.1, 0.15) is 10.7 Å². The zero-order valence-corrected chi connectivity index (χ0v) is 18.5. The van der Waals surface area contributed by atoms with E-state index in [-0.39, 0.29) is 10.8 Å². The van der Waals surface area contributed by atoms with Crippen molar-refractivity contribution in [2.75, 3.05) is 0 Å². The van der Waals surface area contributed by atoms with E-state index >= 15 is 0 Å². The summed E-state index contributed by atoms with van der Waals surface area (Å²) < 4.78 is 1.79. The van der Waals surface area contributed by atoms with Crippen LogP contribution in [0, 0.1) is 5.92 Å². The van der Waals surface area contributed by atoms with E-state index in [0.29, 0.717) is 23.4 Å². The van der Waals surface area contributed by atoms with Crippen LogP contribution in [0.15, 0.2) is 27.5 Å². The zero-order valence-electron chi connectivity index (χ0n) is 16.1. The number of H-pyrrole nitrogens is 1. The number of tetrazole rings is 1. The Morgan fingerprint density at radius 3 is 3.17 bits per heavy atom. The van der Waals surface area contributed by atoms with Crippen molar-refractivity contribution in [2.24, 2.45) is 5.92 Å². The Hall–Kier alpha value is -2.04. The second-order valence-electron chi connectivity index (χ2n) is 7.44. The Labute approximate surface area is 179 Å². The monoisotopic (exact) mass is 444 g/mol. The lowest BCUT2D eigenvalue weighted by molar-refractivity contribution is 0.509. The third-order valence-corrected chi connectivity index (χ3v) is 8.33. The summed E-state index contributed by atoms with van der Waals surface area (Å²) in [6.45, 7) is 4.93. The molecule has 0 fully saturated rings. The van der Waals surface area contributed by atoms with E-state index in [1.54, 1.807) is 27.4 Å². The minimum Gasteiger partial charge on any atom is -0.309 e. The number of aromatic nitrogens is 6. The van der Waals surface area contributed by atoms with Gasteiger partial charge in [0.2, 0.25) is 5.16 Å². The number of rotatable bonds is 5. The number of nitrogens with zero attached hydrogens (tertiary/aromatic N) is 5. The molecule has 1 aliphatic carbocycles. The summed E-state index contributed by atoms with van der Waals surface area (Å²) in [7, 11) is 0. The molecule has 0 bridgehead atoms. The third kappa shape index (κ3) is 3.64. The maximum atomic E-state index is 12.9. The van der Waals surface area contributed by atoms with Crippen molar-refractivity contribution >= 4 is 44.7 Å². The van der Waals surface area contributed by atoms with Crippen LogP contribution in [-0.2, 0) is 19.4 Å². The van der Waals surface area contributed by atoms with Crippen LogP contribution in [0.25, 0.3) is 10.2 Å². The molecule has 29 heavy (non-hydrogen) atoms. The molecule has 4 aromatic rings. The molecule has 4 aromatic heterocycles. The number of aromatic amines is 1. The number of thiophene rings is 2. The summed E-state index contributed by atoms with van der Waals surface area (Å²) in [4.78, 5) is 24.1. The Kier molecular flexibility index (Phi) is 5.00. The van der Waals surface area contributed by atoms with Crippen molar-refractivity contribution in [1.82, 2.24) is 30.2 Å². The highest BCUT2D eigenvalue weighted by Crippen LogP contribution is 2.37. The van der Waals surface area contributed by atoms with Gasteiger partial charge in [0.05, 0.1) is 17.2 Å². The van der Waals surface area contributed by atoms with Crippen LogP contribution >= 0.6 is 34.4 Å². The minimum atomic E-state index is -0.0711. The molecule has 0 amide bonds. The van der Waals surface area contributed by atoms with Crippen molar-refractivity contribution in [3.05, 3.63) is 49.0 Å². The van der Waals surface area contributed by atoms with Gasteiger partial charge in [-0.3, -0.25) is 4.79 Å². The maximum Gasteiger partial charge on any atom is 0.259 e.